The van der Waals surface area contributed by atoms with Crippen molar-refractivity contribution in [2.75, 3.05) is 25.7 Å². The Kier molecular flexibility index (Phi) is 9.76. The highest BCUT2D eigenvalue weighted by atomic mass is 32.2. The number of aryl methyl sites for hydroxylation is 2. The second kappa shape index (κ2) is 12.6. The molecule has 0 radical (unpaired) electrons. The third-order valence-corrected chi connectivity index (χ3v) is 8.21. The Morgan fingerprint density at radius 2 is 1.81 bits per heavy atom. The van der Waals surface area contributed by atoms with E-state index in [9.17, 15) is 18.0 Å². The lowest BCUT2D eigenvalue weighted by Crippen LogP contribution is -2.56. The molecule has 1 aliphatic carbocycles. The number of sulfone groups is 1. The number of carbonyl (C=O) groups excluding carboxylic acids is 2. The molecule has 1 N–H and O–H groups in total. The number of amides is 1. The van der Waals surface area contributed by atoms with Crippen LogP contribution in [0.5, 0.6) is 5.75 Å². The number of ether oxygens (including phenoxy) is 2. The molecule has 2 aromatic carbocycles. The molecular formula is C29H39NO6S. The first-order valence-electron chi connectivity index (χ1n) is 12.9. The number of benzene rings is 2. The minimum atomic E-state index is -3.17. The van der Waals surface area contributed by atoms with Gasteiger partial charge in [-0.25, -0.2) is 13.2 Å². The minimum Gasteiger partial charge on any atom is -0.493 e. The molecule has 0 aromatic heterocycles. The van der Waals surface area contributed by atoms with Gasteiger partial charge in [-0.15, -0.1) is 0 Å². The average Bonchev–Trinajstić information content (AvgIpc) is 2.87. The van der Waals surface area contributed by atoms with Gasteiger partial charge < -0.3 is 14.8 Å². The summed E-state index contributed by atoms with van der Waals surface area (Å²) in [6.07, 6.45) is 5.98. The normalized spacial score (nSPS) is 19.7. The fourth-order valence-electron chi connectivity index (χ4n) is 4.92. The van der Waals surface area contributed by atoms with E-state index in [1.807, 2.05) is 25.1 Å². The van der Waals surface area contributed by atoms with Crippen LogP contribution in [0.25, 0.3) is 0 Å². The second-order valence-electron chi connectivity index (χ2n) is 10.2. The Labute approximate surface area is 220 Å². The summed E-state index contributed by atoms with van der Waals surface area (Å²) in [5, 5.41) is 2.97. The predicted molar refractivity (Wildman–Crippen MR) is 145 cm³/mol. The molecule has 202 valence electrons. The van der Waals surface area contributed by atoms with E-state index in [-0.39, 0.29) is 18.1 Å². The van der Waals surface area contributed by atoms with Crippen molar-refractivity contribution in [3.05, 3.63) is 64.7 Å². The van der Waals surface area contributed by atoms with Gasteiger partial charge in [-0.3, -0.25) is 4.79 Å². The molecule has 37 heavy (non-hydrogen) atoms. The molecule has 1 amide bonds. The summed E-state index contributed by atoms with van der Waals surface area (Å²) in [6.45, 7) is 4.55. The molecule has 0 spiro atoms. The molecule has 7 nitrogen and oxygen atoms in total. The number of rotatable bonds is 11. The molecule has 3 rings (SSSR count). The van der Waals surface area contributed by atoms with Crippen LogP contribution in [0.1, 0.15) is 66.1 Å². The Bertz CT molecular complexity index is 1200. The van der Waals surface area contributed by atoms with Crippen LogP contribution in [0, 0.1) is 12.8 Å². The largest absolute Gasteiger partial charge is 0.493 e. The number of methoxy groups -OCH3 is 1. The van der Waals surface area contributed by atoms with Crippen molar-refractivity contribution in [1.29, 1.82) is 0 Å². The highest BCUT2D eigenvalue weighted by molar-refractivity contribution is 7.90. The summed E-state index contributed by atoms with van der Waals surface area (Å²) in [4.78, 5) is 26.1. The average molecular weight is 530 g/mol. The number of carbonyl (C=O) groups is 2. The summed E-state index contributed by atoms with van der Waals surface area (Å²) in [5.41, 5.74) is 2.33. The molecule has 0 heterocycles. The van der Waals surface area contributed by atoms with E-state index < -0.39 is 21.3 Å². The van der Waals surface area contributed by atoms with Gasteiger partial charge in [-0.05, 0) is 68.2 Å². The van der Waals surface area contributed by atoms with Gasteiger partial charge in [-0.1, -0.05) is 49.2 Å². The van der Waals surface area contributed by atoms with Crippen LogP contribution in [0.3, 0.4) is 0 Å². The molecule has 8 heteroatoms. The Morgan fingerprint density at radius 3 is 2.43 bits per heavy atom. The third kappa shape index (κ3) is 8.06. The van der Waals surface area contributed by atoms with Crippen molar-refractivity contribution < 1.29 is 27.5 Å². The highest BCUT2D eigenvalue weighted by Crippen LogP contribution is 2.35. The number of esters is 1. The zero-order valence-corrected chi connectivity index (χ0v) is 23.2. The lowest BCUT2D eigenvalue weighted by atomic mass is 9.75. The van der Waals surface area contributed by atoms with Crippen LogP contribution in [0.15, 0.2) is 42.5 Å². The maximum absolute atomic E-state index is 13.3. The molecule has 0 aliphatic heterocycles. The Morgan fingerprint density at radius 1 is 1.08 bits per heavy atom. The minimum absolute atomic E-state index is 0.0170. The molecule has 2 aromatic rings. The molecule has 1 saturated carbocycles. The molecule has 0 unspecified atom stereocenters. The maximum atomic E-state index is 13.3. The first kappa shape index (κ1) is 28.7. The molecule has 1 aliphatic rings. The monoisotopic (exact) mass is 529 g/mol. The summed E-state index contributed by atoms with van der Waals surface area (Å²) < 4.78 is 34.7. The summed E-state index contributed by atoms with van der Waals surface area (Å²) in [7, 11) is -1.82. The molecule has 0 bridgehead atoms. The van der Waals surface area contributed by atoms with Gasteiger partial charge in [0.2, 0.25) is 0 Å². The van der Waals surface area contributed by atoms with Gasteiger partial charge in [-0.2, -0.15) is 0 Å². The predicted octanol–water partition coefficient (Wildman–Crippen LogP) is 4.45. The maximum Gasteiger partial charge on any atom is 0.331 e. The molecule has 1 fully saturated rings. The zero-order chi connectivity index (χ0) is 27.1. The lowest BCUT2D eigenvalue weighted by Gasteiger charge is -2.38. The van der Waals surface area contributed by atoms with E-state index in [2.05, 4.69) is 18.3 Å². The van der Waals surface area contributed by atoms with Gasteiger partial charge in [0.25, 0.3) is 5.91 Å². The lowest BCUT2D eigenvalue weighted by molar-refractivity contribution is -0.150. The van der Waals surface area contributed by atoms with Crippen molar-refractivity contribution in [3.63, 3.8) is 0 Å². The molecular weight excluding hydrogens is 490 g/mol. The van der Waals surface area contributed by atoms with Crippen LogP contribution < -0.4 is 10.1 Å². The quantitative estimate of drug-likeness (QED) is 0.432. The van der Waals surface area contributed by atoms with Gasteiger partial charge in [0.15, 0.2) is 0 Å². The first-order chi connectivity index (χ1) is 17.5. The smallest absolute Gasteiger partial charge is 0.331 e. The first-order valence-corrected chi connectivity index (χ1v) is 15.0. The summed E-state index contributed by atoms with van der Waals surface area (Å²) in [5.74, 6) is 0.202. The molecule has 0 atom stereocenters. The van der Waals surface area contributed by atoms with Gasteiger partial charge >= 0.3 is 5.97 Å². The van der Waals surface area contributed by atoms with Gasteiger partial charge in [0.05, 0.1) is 19.5 Å². The second-order valence-corrected chi connectivity index (χ2v) is 12.4. The third-order valence-electron chi connectivity index (χ3n) is 7.27. The van der Waals surface area contributed by atoms with E-state index in [1.165, 1.54) is 13.4 Å². The van der Waals surface area contributed by atoms with Gasteiger partial charge in [0, 0.05) is 18.2 Å². The van der Waals surface area contributed by atoms with Gasteiger partial charge in [0.1, 0.15) is 21.1 Å². The van der Waals surface area contributed by atoms with E-state index >= 15 is 0 Å². The Balaban J connectivity index is 1.80. The van der Waals surface area contributed by atoms with Crippen LogP contribution >= 0.6 is 0 Å². The standard InChI is InChI=1S/C29H39NO6S/c1-5-22-11-15-29(16-12-22,28(32)35-3)30-27(31)25-10-9-24(14-18-37(4,33)34)26(20-25)36-17-13-23-8-6-7-21(2)19-23/h6-10,19-20,22H,5,11-18H2,1-4H3,(H,30,31)/t22-,29+. The number of hydrogen-bond donors (Lipinski definition) is 1. The van der Waals surface area contributed by atoms with Crippen LogP contribution in [-0.2, 0) is 32.2 Å². The summed E-state index contributed by atoms with van der Waals surface area (Å²) >= 11 is 0. The van der Waals surface area contributed by atoms with Crippen LogP contribution in [0.4, 0.5) is 0 Å². The zero-order valence-electron chi connectivity index (χ0n) is 22.3. The fourth-order valence-corrected chi connectivity index (χ4v) is 5.51. The van der Waals surface area contributed by atoms with Crippen LogP contribution in [0.2, 0.25) is 0 Å². The van der Waals surface area contributed by atoms with E-state index in [0.717, 1.165) is 36.0 Å². The Hall–Kier alpha value is -2.87. The van der Waals surface area contributed by atoms with Crippen molar-refractivity contribution in [3.8, 4) is 5.75 Å². The molecule has 0 saturated heterocycles. The van der Waals surface area contributed by atoms with E-state index in [1.54, 1.807) is 18.2 Å². The van der Waals surface area contributed by atoms with Crippen LogP contribution in [-0.4, -0.2) is 51.6 Å². The van der Waals surface area contributed by atoms with E-state index in [4.69, 9.17) is 9.47 Å². The summed E-state index contributed by atoms with van der Waals surface area (Å²) in [6, 6.07) is 13.2. The number of hydrogen-bond acceptors (Lipinski definition) is 6. The van der Waals surface area contributed by atoms with Crippen molar-refractivity contribution in [2.24, 2.45) is 5.92 Å². The fraction of sp³-hybridized carbons (Fsp3) is 0.517. The van der Waals surface area contributed by atoms with E-state index in [0.29, 0.717) is 43.1 Å². The SMILES string of the molecule is CC[C@H]1CC[C@](NC(=O)c2ccc(CCS(C)(=O)=O)c(OCCc3cccc(C)c3)c2)(C(=O)OC)CC1. The topological polar surface area (TPSA) is 98.8 Å². The highest BCUT2D eigenvalue weighted by Gasteiger charge is 2.44. The number of nitrogens with one attached hydrogen (secondary N) is 1. The van der Waals surface area contributed by atoms with Crippen molar-refractivity contribution >= 4 is 21.7 Å². The van der Waals surface area contributed by atoms with Crippen molar-refractivity contribution in [2.45, 2.75) is 64.3 Å². The van der Waals surface area contributed by atoms with Crippen molar-refractivity contribution in [1.82, 2.24) is 5.32 Å².